The fourth-order valence-corrected chi connectivity index (χ4v) is 2.91. The molecule has 1 aliphatic heterocycles. The van der Waals surface area contributed by atoms with E-state index in [1.807, 2.05) is 29.2 Å². The highest BCUT2D eigenvalue weighted by Gasteiger charge is 2.21. The van der Waals surface area contributed by atoms with Crippen LogP contribution in [0.25, 0.3) is 0 Å². The summed E-state index contributed by atoms with van der Waals surface area (Å²) in [6.07, 6.45) is 3.30. The lowest BCUT2D eigenvalue weighted by molar-refractivity contribution is -0.130. The van der Waals surface area contributed by atoms with Gasteiger partial charge in [-0.3, -0.25) is 9.59 Å². The van der Waals surface area contributed by atoms with Gasteiger partial charge in [0.25, 0.3) is 0 Å². The Hall–Kier alpha value is -2.04. The van der Waals surface area contributed by atoms with Gasteiger partial charge in [-0.15, -0.1) is 0 Å². The van der Waals surface area contributed by atoms with E-state index in [1.165, 1.54) is 0 Å². The molecule has 1 fully saturated rings. The van der Waals surface area contributed by atoms with Gasteiger partial charge >= 0.3 is 0 Å². The first-order valence-electron chi connectivity index (χ1n) is 8.23. The van der Waals surface area contributed by atoms with Crippen LogP contribution in [0.15, 0.2) is 24.3 Å². The molecular formula is C18H26N2O3. The van der Waals surface area contributed by atoms with Crippen LogP contribution < -0.4 is 10.1 Å². The lowest BCUT2D eigenvalue weighted by Gasteiger charge is -2.32. The summed E-state index contributed by atoms with van der Waals surface area (Å²) < 4.78 is 5.12. The normalized spacial score (nSPS) is 17.7. The molecule has 1 aliphatic rings. The number of aryl methyl sites for hydroxylation is 1. The van der Waals surface area contributed by atoms with Crippen molar-refractivity contribution in [1.29, 1.82) is 0 Å². The molecule has 0 aliphatic carbocycles. The number of amides is 2. The molecule has 0 spiro atoms. The Balaban J connectivity index is 1.69. The van der Waals surface area contributed by atoms with Crippen LogP contribution >= 0.6 is 0 Å². The molecule has 1 N–H and O–H groups in total. The Bertz CT molecular complexity index is 528. The van der Waals surface area contributed by atoms with Gasteiger partial charge in [-0.2, -0.15) is 0 Å². The van der Waals surface area contributed by atoms with Gasteiger partial charge in [-0.25, -0.2) is 0 Å². The van der Waals surface area contributed by atoms with Crippen molar-refractivity contribution in [1.82, 2.24) is 10.2 Å². The molecule has 1 aromatic carbocycles. The summed E-state index contributed by atoms with van der Waals surface area (Å²) in [5, 5.41) is 3.00. The summed E-state index contributed by atoms with van der Waals surface area (Å²) in [5.41, 5.74) is 1.13. The van der Waals surface area contributed by atoms with Gasteiger partial charge in [0, 0.05) is 33.0 Å². The number of rotatable bonds is 6. The van der Waals surface area contributed by atoms with Crippen molar-refractivity contribution in [2.75, 3.05) is 26.7 Å². The van der Waals surface area contributed by atoms with E-state index in [0.29, 0.717) is 18.9 Å². The van der Waals surface area contributed by atoms with Crippen LogP contribution in [0.1, 0.15) is 31.7 Å². The number of nitrogens with zero attached hydrogens (tertiary/aromatic N) is 1. The van der Waals surface area contributed by atoms with E-state index in [0.717, 1.165) is 43.7 Å². The number of hydrogen-bond acceptors (Lipinski definition) is 3. The predicted molar refractivity (Wildman–Crippen MR) is 89.3 cm³/mol. The predicted octanol–water partition coefficient (Wildman–Crippen LogP) is 2.00. The molecule has 23 heavy (non-hydrogen) atoms. The number of hydrogen-bond donors (Lipinski definition) is 1. The molecule has 1 heterocycles. The Kier molecular flexibility index (Phi) is 6.44. The minimum atomic E-state index is 0.0702. The molecule has 5 nitrogen and oxygen atoms in total. The molecule has 126 valence electrons. The molecule has 0 radical (unpaired) electrons. The average molecular weight is 318 g/mol. The van der Waals surface area contributed by atoms with E-state index in [9.17, 15) is 9.59 Å². The highest BCUT2D eigenvalue weighted by Crippen LogP contribution is 2.16. The number of likely N-dealkylation sites (tertiary alicyclic amines) is 1. The second-order valence-electron chi connectivity index (χ2n) is 6.13. The summed E-state index contributed by atoms with van der Waals surface area (Å²) in [7, 11) is 1.64. The summed E-state index contributed by atoms with van der Waals surface area (Å²) in [6, 6.07) is 7.78. The van der Waals surface area contributed by atoms with Crippen LogP contribution in [-0.4, -0.2) is 43.5 Å². The summed E-state index contributed by atoms with van der Waals surface area (Å²) >= 11 is 0. The van der Waals surface area contributed by atoms with Gasteiger partial charge in [0.1, 0.15) is 5.75 Å². The van der Waals surface area contributed by atoms with Gasteiger partial charge in [-0.1, -0.05) is 12.1 Å². The quantitative estimate of drug-likeness (QED) is 0.873. The van der Waals surface area contributed by atoms with Gasteiger partial charge in [0.2, 0.25) is 11.8 Å². The third-order valence-corrected chi connectivity index (χ3v) is 4.35. The first-order valence-corrected chi connectivity index (χ1v) is 8.23. The van der Waals surface area contributed by atoms with Gasteiger partial charge in [-0.05, 0) is 42.9 Å². The van der Waals surface area contributed by atoms with Gasteiger partial charge in [0.05, 0.1) is 7.11 Å². The third kappa shape index (κ3) is 5.58. The van der Waals surface area contributed by atoms with Crippen molar-refractivity contribution in [2.45, 2.75) is 32.6 Å². The van der Waals surface area contributed by atoms with Crippen molar-refractivity contribution in [2.24, 2.45) is 5.92 Å². The van der Waals surface area contributed by atoms with E-state index in [4.69, 9.17) is 4.74 Å². The molecule has 5 heteroatoms. The standard InChI is InChI=1S/C18H26N2O3/c1-14(21)20-11-3-4-16(13-20)12-19-18(22)10-7-15-5-8-17(23-2)9-6-15/h5-6,8-9,16H,3-4,7,10-13H2,1-2H3,(H,19,22)/t16-/m0/s1. The molecule has 1 aromatic rings. The van der Waals surface area contributed by atoms with Gasteiger partial charge in [0.15, 0.2) is 0 Å². The van der Waals surface area contributed by atoms with Crippen molar-refractivity contribution >= 4 is 11.8 Å². The van der Waals surface area contributed by atoms with E-state index in [2.05, 4.69) is 5.32 Å². The van der Waals surface area contributed by atoms with E-state index < -0.39 is 0 Å². The number of nitrogens with one attached hydrogen (secondary N) is 1. The van der Waals surface area contributed by atoms with Crippen molar-refractivity contribution in [3.05, 3.63) is 29.8 Å². The van der Waals surface area contributed by atoms with Crippen molar-refractivity contribution in [3.63, 3.8) is 0 Å². The molecule has 2 rings (SSSR count). The molecule has 1 atom stereocenters. The van der Waals surface area contributed by atoms with Crippen LogP contribution in [0.3, 0.4) is 0 Å². The first-order chi connectivity index (χ1) is 11.1. The smallest absolute Gasteiger partial charge is 0.220 e. The maximum absolute atomic E-state index is 12.0. The van der Waals surface area contributed by atoms with Gasteiger partial charge < -0.3 is 15.0 Å². The largest absolute Gasteiger partial charge is 0.497 e. The molecular weight excluding hydrogens is 292 g/mol. The molecule has 1 saturated heterocycles. The first kappa shape index (κ1) is 17.3. The molecule has 0 saturated carbocycles. The fourth-order valence-electron chi connectivity index (χ4n) is 2.91. The molecule has 0 unspecified atom stereocenters. The average Bonchev–Trinajstić information content (AvgIpc) is 2.58. The summed E-state index contributed by atoms with van der Waals surface area (Å²) in [6.45, 7) is 3.87. The number of ether oxygens (including phenoxy) is 1. The molecule has 0 bridgehead atoms. The lowest BCUT2D eigenvalue weighted by atomic mass is 9.98. The van der Waals surface area contributed by atoms with E-state index in [-0.39, 0.29) is 11.8 Å². The van der Waals surface area contributed by atoms with E-state index >= 15 is 0 Å². The van der Waals surface area contributed by atoms with Crippen molar-refractivity contribution in [3.8, 4) is 5.75 Å². The van der Waals surface area contributed by atoms with Crippen LogP contribution in [0.5, 0.6) is 5.75 Å². The Morgan fingerprint density at radius 1 is 1.30 bits per heavy atom. The lowest BCUT2D eigenvalue weighted by Crippen LogP contribution is -2.42. The highest BCUT2D eigenvalue weighted by molar-refractivity contribution is 5.76. The number of carbonyl (C=O) groups is 2. The summed E-state index contributed by atoms with van der Waals surface area (Å²) in [4.78, 5) is 25.3. The van der Waals surface area contributed by atoms with E-state index in [1.54, 1.807) is 14.0 Å². The number of methoxy groups -OCH3 is 1. The second-order valence-corrected chi connectivity index (χ2v) is 6.13. The maximum Gasteiger partial charge on any atom is 0.220 e. The zero-order chi connectivity index (χ0) is 16.7. The third-order valence-electron chi connectivity index (χ3n) is 4.35. The topological polar surface area (TPSA) is 58.6 Å². The SMILES string of the molecule is COc1ccc(CCC(=O)NC[C@@H]2CCCN(C(C)=O)C2)cc1. The number of benzene rings is 1. The Labute approximate surface area is 138 Å². The maximum atomic E-state index is 12.0. The molecule has 0 aromatic heterocycles. The Morgan fingerprint density at radius 2 is 2.04 bits per heavy atom. The zero-order valence-corrected chi connectivity index (χ0v) is 14.0. The second kappa shape index (κ2) is 8.56. The van der Waals surface area contributed by atoms with Crippen LogP contribution in [0, 0.1) is 5.92 Å². The monoisotopic (exact) mass is 318 g/mol. The minimum Gasteiger partial charge on any atom is -0.497 e. The zero-order valence-electron chi connectivity index (χ0n) is 14.0. The minimum absolute atomic E-state index is 0.0702. The summed E-state index contributed by atoms with van der Waals surface area (Å²) in [5.74, 6) is 1.39. The fraction of sp³-hybridized carbons (Fsp3) is 0.556. The van der Waals surface area contributed by atoms with Crippen LogP contribution in [0.2, 0.25) is 0 Å². The Morgan fingerprint density at radius 3 is 2.70 bits per heavy atom. The van der Waals surface area contributed by atoms with Crippen LogP contribution in [-0.2, 0) is 16.0 Å². The van der Waals surface area contributed by atoms with Crippen molar-refractivity contribution < 1.29 is 14.3 Å². The molecule has 2 amide bonds. The van der Waals surface area contributed by atoms with Crippen LogP contribution in [0.4, 0.5) is 0 Å². The number of carbonyl (C=O) groups excluding carboxylic acids is 2. The number of piperidine rings is 1. The highest BCUT2D eigenvalue weighted by atomic mass is 16.5.